The van der Waals surface area contributed by atoms with E-state index in [0.717, 1.165) is 6.08 Å². The van der Waals surface area contributed by atoms with Crippen molar-refractivity contribution in [1.82, 2.24) is 5.48 Å². The van der Waals surface area contributed by atoms with Gasteiger partial charge in [-0.2, -0.15) is 0 Å². The van der Waals surface area contributed by atoms with Crippen molar-refractivity contribution in [3.63, 3.8) is 0 Å². The fraction of sp³-hybridized carbons (Fsp3) is 0.158. The number of nitrogens with one attached hydrogen (secondary N) is 2. The topological polar surface area (TPSA) is 126 Å². The average Bonchev–Trinajstić information content (AvgIpc) is 3.15. The van der Waals surface area contributed by atoms with Crippen molar-refractivity contribution in [2.24, 2.45) is 0 Å². The van der Waals surface area contributed by atoms with Crippen LogP contribution in [0.25, 0.3) is 0 Å². The third-order valence-corrected chi connectivity index (χ3v) is 3.86. The van der Waals surface area contributed by atoms with E-state index >= 15 is 0 Å². The Hall–Kier alpha value is -3.72. The van der Waals surface area contributed by atoms with Crippen LogP contribution in [0.15, 0.2) is 54.6 Å². The number of carbonyl (C=O) groups excluding carboxylic acids is 2. The molecular formula is C19H18N2O7. The van der Waals surface area contributed by atoms with Gasteiger partial charge < -0.3 is 19.3 Å². The predicted octanol–water partition coefficient (Wildman–Crippen LogP) is 2.86. The molecule has 28 heavy (non-hydrogen) atoms. The quantitative estimate of drug-likeness (QED) is 0.342. The number of fused-ring (bicyclic) bond motifs is 1. The van der Waals surface area contributed by atoms with Crippen LogP contribution < -0.4 is 20.3 Å². The van der Waals surface area contributed by atoms with Crippen molar-refractivity contribution in [2.75, 3.05) is 12.1 Å². The molecule has 2 amide bonds. The van der Waals surface area contributed by atoms with Crippen LogP contribution in [0.4, 0.5) is 10.5 Å². The summed E-state index contributed by atoms with van der Waals surface area (Å²) in [5, 5.41) is 20.6. The monoisotopic (exact) mass is 386 g/mol. The van der Waals surface area contributed by atoms with E-state index in [9.17, 15) is 14.7 Å². The summed E-state index contributed by atoms with van der Waals surface area (Å²) < 4.78 is 15.9. The number of hydrogen-bond acceptors (Lipinski definition) is 7. The molecule has 0 aromatic heterocycles. The molecule has 2 aromatic rings. The number of rotatable bonds is 6. The first-order valence-electron chi connectivity index (χ1n) is 8.32. The van der Waals surface area contributed by atoms with Gasteiger partial charge in [0, 0.05) is 24.3 Å². The Morgan fingerprint density at radius 2 is 1.89 bits per heavy atom. The predicted molar refractivity (Wildman–Crippen MR) is 97.2 cm³/mol. The van der Waals surface area contributed by atoms with Crippen molar-refractivity contribution in [1.29, 1.82) is 0 Å². The maximum Gasteiger partial charge on any atom is 0.412 e. The fourth-order valence-electron chi connectivity index (χ4n) is 2.53. The highest BCUT2D eigenvalue weighted by atomic mass is 16.7. The van der Waals surface area contributed by atoms with Gasteiger partial charge in [-0.1, -0.05) is 18.2 Å². The van der Waals surface area contributed by atoms with E-state index in [4.69, 9.17) is 19.4 Å². The van der Waals surface area contributed by atoms with Crippen LogP contribution in [0.1, 0.15) is 18.1 Å². The molecule has 3 rings (SSSR count). The first kappa shape index (κ1) is 19.1. The SMILES string of the molecule is O=C(/C=C/C[C@H](OC(=O)Nc1ccc2c(c1)OCO2)c1ccc(O)cc1)NO. The van der Waals surface area contributed by atoms with E-state index in [2.05, 4.69) is 5.32 Å². The normalized spacial score (nSPS) is 13.2. The third-order valence-electron chi connectivity index (χ3n) is 3.86. The average molecular weight is 386 g/mol. The van der Waals surface area contributed by atoms with Crippen LogP contribution in [-0.4, -0.2) is 29.1 Å². The summed E-state index contributed by atoms with van der Waals surface area (Å²) in [5.41, 5.74) is 2.56. The first-order chi connectivity index (χ1) is 13.5. The second-order valence-electron chi connectivity index (χ2n) is 5.79. The molecule has 1 heterocycles. The second kappa shape index (κ2) is 8.78. The molecule has 0 fully saturated rings. The van der Waals surface area contributed by atoms with Crippen molar-refractivity contribution >= 4 is 17.7 Å². The molecule has 1 atom stereocenters. The highest BCUT2D eigenvalue weighted by Gasteiger charge is 2.18. The number of benzene rings is 2. The Morgan fingerprint density at radius 1 is 1.14 bits per heavy atom. The summed E-state index contributed by atoms with van der Waals surface area (Å²) in [6.07, 6.45) is 1.31. The zero-order valence-electron chi connectivity index (χ0n) is 14.6. The summed E-state index contributed by atoms with van der Waals surface area (Å²) >= 11 is 0. The zero-order valence-corrected chi connectivity index (χ0v) is 14.6. The number of anilines is 1. The van der Waals surface area contributed by atoms with E-state index in [1.54, 1.807) is 30.3 Å². The molecule has 9 nitrogen and oxygen atoms in total. The van der Waals surface area contributed by atoms with Crippen LogP contribution in [0.5, 0.6) is 17.2 Å². The Labute approximate surface area is 160 Å². The van der Waals surface area contributed by atoms with Crippen LogP contribution in [-0.2, 0) is 9.53 Å². The molecule has 0 spiro atoms. The molecule has 4 N–H and O–H groups in total. The highest BCUT2D eigenvalue weighted by molar-refractivity contribution is 5.86. The van der Waals surface area contributed by atoms with E-state index < -0.39 is 18.1 Å². The largest absolute Gasteiger partial charge is 0.508 e. The molecular weight excluding hydrogens is 368 g/mol. The standard InChI is InChI=1S/C19H18N2O7/c22-14-7-4-12(5-8-14)15(2-1-3-18(23)21-25)28-19(24)20-13-6-9-16-17(10-13)27-11-26-16/h1,3-10,15,22,25H,2,11H2,(H,20,24)(H,21,23)/b3-1+/t15-/m0/s1. The number of phenols is 1. The van der Waals surface area contributed by atoms with Gasteiger partial charge >= 0.3 is 6.09 Å². The number of carbonyl (C=O) groups is 2. The molecule has 9 heteroatoms. The number of hydroxylamine groups is 1. The molecule has 2 aromatic carbocycles. The van der Waals surface area contributed by atoms with E-state index in [0.29, 0.717) is 22.7 Å². The molecule has 1 aliphatic heterocycles. The Morgan fingerprint density at radius 3 is 2.64 bits per heavy atom. The second-order valence-corrected chi connectivity index (χ2v) is 5.79. The number of aromatic hydroxyl groups is 1. The summed E-state index contributed by atoms with van der Waals surface area (Å²) in [6, 6.07) is 11.1. The van der Waals surface area contributed by atoms with E-state index in [1.165, 1.54) is 23.7 Å². The van der Waals surface area contributed by atoms with Crippen LogP contribution >= 0.6 is 0 Å². The number of amides is 2. The lowest BCUT2D eigenvalue weighted by Gasteiger charge is -2.17. The Bertz CT molecular complexity index is 880. The van der Waals surface area contributed by atoms with Gasteiger partial charge in [0.05, 0.1) is 0 Å². The lowest BCUT2D eigenvalue weighted by atomic mass is 10.1. The number of hydrogen-bond donors (Lipinski definition) is 4. The first-order valence-corrected chi connectivity index (χ1v) is 8.32. The summed E-state index contributed by atoms with van der Waals surface area (Å²) in [6.45, 7) is 0.125. The zero-order chi connectivity index (χ0) is 19.9. The summed E-state index contributed by atoms with van der Waals surface area (Å²) in [7, 11) is 0. The molecule has 146 valence electrons. The molecule has 0 aliphatic carbocycles. The minimum Gasteiger partial charge on any atom is -0.508 e. The van der Waals surface area contributed by atoms with Crippen molar-refractivity contribution < 1.29 is 34.1 Å². The highest BCUT2D eigenvalue weighted by Crippen LogP contribution is 2.34. The van der Waals surface area contributed by atoms with Gasteiger partial charge in [-0.3, -0.25) is 15.3 Å². The maximum absolute atomic E-state index is 12.3. The Balaban J connectivity index is 1.68. The van der Waals surface area contributed by atoms with Crippen molar-refractivity contribution in [3.05, 3.63) is 60.2 Å². The molecule has 0 saturated heterocycles. The minimum absolute atomic E-state index is 0.0718. The molecule has 1 aliphatic rings. The molecule has 0 unspecified atom stereocenters. The smallest absolute Gasteiger partial charge is 0.412 e. The number of ether oxygens (including phenoxy) is 3. The van der Waals surface area contributed by atoms with Crippen molar-refractivity contribution in [2.45, 2.75) is 12.5 Å². The van der Waals surface area contributed by atoms with Gasteiger partial charge in [0.1, 0.15) is 11.9 Å². The van der Waals surface area contributed by atoms with Gasteiger partial charge in [-0.25, -0.2) is 10.3 Å². The molecule has 0 radical (unpaired) electrons. The number of phenolic OH excluding ortho intramolecular Hbond substituents is 1. The summed E-state index contributed by atoms with van der Waals surface area (Å²) in [5.74, 6) is 0.482. The van der Waals surface area contributed by atoms with Gasteiger partial charge in [-0.15, -0.1) is 0 Å². The van der Waals surface area contributed by atoms with Gasteiger partial charge in [0.15, 0.2) is 11.5 Å². The lowest BCUT2D eigenvalue weighted by Crippen LogP contribution is -2.18. The maximum atomic E-state index is 12.3. The fourth-order valence-corrected chi connectivity index (χ4v) is 2.53. The van der Waals surface area contributed by atoms with Gasteiger partial charge in [0.25, 0.3) is 5.91 Å². The van der Waals surface area contributed by atoms with Crippen LogP contribution in [0.2, 0.25) is 0 Å². The third kappa shape index (κ3) is 4.92. The van der Waals surface area contributed by atoms with Crippen LogP contribution in [0, 0.1) is 0 Å². The van der Waals surface area contributed by atoms with Gasteiger partial charge in [0.2, 0.25) is 6.79 Å². The molecule has 0 bridgehead atoms. The van der Waals surface area contributed by atoms with E-state index in [1.807, 2.05) is 0 Å². The molecule has 0 saturated carbocycles. The van der Waals surface area contributed by atoms with E-state index in [-0.39, 0.29) is 19.0 Å². The van der Waals surface area contributed by atoms with Crippen LogP contribution in [0.3, 0.4) is 0 Å². The van der Waals surface area contributed by atoms with Crippen molar-refractivity contribution in [3.8, 4) is 17.2 Å². The summed E-state index contributed by atoms with van der Waals surface area (Å²) in [4.78, 5) is 23.4. The lowest BCUT2D eigenvalue weighted by molar-refractivity contribution is -0.124. The van der Waals surface area contributed by atoms with Gasteiger partial charge in [-0.05, 0) is 29.8 Å². The minimum atomic E-state index is -0.725. The Kier molecular flexibility index (Phi) is 5.97.